The van der Waals surface area contributed by atoms with E-state index in [-0.39, 0.29) is 12.1 Å². The number of hydroxylamine groups is 1. The third kappa shape index (κ3) is 26.9. The van der Waals surface area contributed by atoms with Crippen LogP contribution in [0, 0.1) is 0 Å². The topological polar surface area (TPSA) is 56.8 Å². The number of nitrogens with one attached hydrogen (secondary N) is 1. The number of carbonyl (C=O) groups excluding carboxylic acids is 1. The summed E-state index contributed by atoms with van der Waals surface area (Å²) in [5.41, 5.74) is 3.41. The van der Waals surface area contributed by atoms with E-state index < -0.39 is 0 Å². The Bertz CT molecular complexity index is 470. The Balaban J connectivity index is 4.01. The van der Waals surface area contributed by atoms with Gasteiger partial charge in [0.25, 0.3) is 0 Å². The smallest absolute Gasteiger partial charge is 0.302 e. The molecule has 0 aliphatic rings. The Kier molecular flexibility index (Phi) is 30.4. The van der Waals surface area contributed by atoms with E-state index in [1.807, 2.05) is 13.8 Å². The first kappa shape index (κ1) is 37.4. The van der Waals surface area contributed by atoms with Gasteiger partial charge in [-0.15, -0.1) is 0 Å². The van der Waals surface area contributed by atoms with Gasteiger partial charge in [-0.1, -0.05) is 143 Å². The highest BCUT2D eigenvalue weighted by Gasteiger charge is 2.11. The van der Waals surface area contributed by atoms with Crippen molar-refractivity contribution >= 4 is 5.97 Å². The first-order valence-electron chi connectivity index (χ1n) is 16.9. The van der Waals surface area contributed by atoms with E-state index in [9.17, 15) is 4.79 Å². The lowest BCUT2D eigenvalue weighted by molar-refractivity contribution is -0.298. The minimum atomic E-state index is -0.236. The van der Waals surface area contributed by atoms with Crippen LogP contribution in [0.2, 0.25) is 0 Å². The molecule has 0 aliphatic carbocycles. The Hall–Kier alpha value is -0.650. The van der Waals surface area contributed by atoms with Crippen LogP contribution in [0.1, 0.15) is 188 Å². The Labute approximate surface area is 237 Å². The van der Waals surface area contributed by atoms with Crippen molar-refractivity contribution in [1.29, 1.82) is 0 Å². The minimum absolute atomic E-state index is 0.0159. The zero-order valence-corrected chi connectivity index (χ0v) is 26.2. The Morgan fingerprint density at radius 3 is 1.53 bits per heavy atom. The molecule has 0 aromatic heterocycles. The molecule has 1 atom stereocenters. The van der Waals surface area contributed by atoms with Crippen LogP contribution in [-0.2, 0) is 19.4 Å². The average Bonchev–Trinajstić information content (AvgIpc) is 2.93. The maximum absolute atomic E-state index is 11.9. The summed E-state index contributed by atoms with van der Waals surface area (Å²) >= 11 is 0. The fraction of sp³-hybridized carbons (Fsp3) is 0.970. The fourth-order valence-electron chi connectivity index (χ4n) is 4.87. The van der Waals surface area contributed by atoms with Crippen LogP contribution >= 0.6 is 0 Å². The second kappa shape index (κ2) is 30.9. The maximum atomic E-state index is 11.9. The number of hydrogen-bond donors (Lipinski definition) is 1. The van der Waals surface area contributed by atoms with Gasteiger partial charge < -0.3 is 4.84 Å². The van der Waals surface area contributed by atoms with Gasteiger partial charge in [-0.2, -0.15) is 10.4 Å². The molecule has 0 spiro atoms. The SMILES string of the molecule is CCCCCCCCCCONC(CCCCCCCCCC)CCCCCCC(=O)OOC(CC)CC. The zero-order valence-electron chi connectivity index (χ0n) is 26.2. The molecule has 5 heteroatoms. The summed E-state index contributed by atoms with van der Waals surface area (Å²) < 4.78 is 0. The van der Waals surface area contributed by atoms with Crippen LogP contribution in [-0.4, -0.2) is 24.7 Å². The van der Waals surface area contributed by atoms with Crippen molar-refractivity contribution in [2.45, 2.75) is 200 Å². The van der Waals surface area contributed by atoms with E-state index in [0.717, 1.165) is 51.6 Å². The van der Waals surface area contributed by atoms with E-state index in [0.29, 0.717) is 12.5 Å². The highest BCUT2D eigenvalue weighted by molar-refractivity contribution is 5.68. The van der Waals surface area contributed by atoms with E-state index in [1.54, 1.807) is 0 Å². The van der Waals surface area contributed by atoms with Gasteiger partial charge >= 0.3 is 5.97 Å². The van der Waals surface area contributed by atoms with Gasteiger partial charge in [-0.05, 0) is 38.5 Å². The van der Waals surface area contributed by atoms with Crippen molar-refractivity contribution in [2.75, 3.05) is 6.61 Å². The number of rotatable bonds is 31. The van der Waals surface area contributed by atoms with Gasteiger partial charge in [0.15, 0.2) is 0 Å². The van der Waals surface area contributed by atoms with Crippen LogP contribution in [0.5, 0.6) is 0 Å². The molecular weight excluding hydrogens is 474 g/mol. The predicted molar refractivity (Wildman–Crippen MR) is 162 cm³/mol. The van der Waals surface area contributed by atoms with Crippen LogP contribution < -0.4 is 5.48 Å². The normalized spacial score (nSPS) is 12.3. The lowest BCUT2D eigenvalue weighted by Gasteiger charge is -2.18. The number of hydrogen-bond acceptors (Lipinski definition) is 5. The summed E-state index contributed by atoms with van der Waals surface area (Å²) in [5.74, 6) is -0.236. The van der Waals surface area contributed by atoms with Gasteiger partial charge in [-0.25, -0.2) is 4.79 Å². The molecular formula is C33H67NO4. The second-order valence-corrected chi connectivity index (χ2v) is 11.3. The molecule has 0 saturated heterocycles. The van der Waals surface area contributed by atoms with Gasteiger partial charge in [0.05, 0.1) is 6.61 Å². The molecule has 5 nitrogen and oxygen atoms in total. The average molecular weight is 542 g/mol. The molecule has 0 fully saturated rings. The molecule has 0 aliphatic heterocycles. The first-order chi connectivity index (χ1) is 18.7. The van der Waals surface area contributed by atoms with Crippen molar-refractivity contribution in [3.63, 3.8) is 0 Å². The zero-order chi connectivity index (χ0) is 27.9. The van der Waals surface area contributed by atoms with Crippen LogP contribution in [0.3, 0.4) is 0 Å². The number of unbranched alkanes of at least 4 members (excludes halogenated alkanes) is 17. The molecule has 0 saturated carbocycles. The highest BCUT2D eigenvalue weighted by atomic mass is 17.2. The van der Waals surface area contributed by atoms with Crippen molar-refractivity contribution in [3.05, 3.63) is 0 Å². The summed E-state index contributed by atoms with van der Waals surface area (Å²) in [4.78, 5) is 27.9. The van der Waals surface area contributed by atoms with E-state index in [2.05, 4.69) is 19.3 Å². The molecule has 0 aromatic carbocycles. The van der Waals surface area contributed by atoms with E-state index in [4.69, 9.17) is 14.6 Å². The molecule has 0 heterocycles. The van der Waals surface area contributed by atoms with Gasteiger partial charge in [0, 0.05) is 12.5 Å². The Morgan fingerprint density at radius 1 is 0.579 bits per heavy atom. The van der Waals surface area contributed by atoms with Crippen LogP contribution in [0.25, 0.3) is 0 Å². The molecule has 1 unspecified atom stereocenters. The van der Waals surface area contributed by atoms with Crippen LogP contribution in [0.15, 0.2) is 0 Å². The third-order valence-corrected chi connectivity index (χ3v) is 7.63. The Morgan fingerprint density at radius 2 is 1.03 bits per heavy atom. The quantitative estimate of drug-likeness (QED) is 0.0537. The molecule has 228 valence electrons. The second-order valence-electron chi connectivity index (χ2n) is 11.3. The first-order valence-corrected chi connectivity index (χ1v) is 16.9. The number of carbonyl (C=O) groups is 1. The largest absolute Gasteiger partial charge is 0.342 e. The lowest BCUT2D eigenvalue weighted by atomic mass is 10.0. The summed E-state index contributed by atoms with van der Waals surface area (Å²) in [7, 11) is 0. The highest BCUT2D eigenvalue weighted by Crippen LogP contribution is 2.15. The minimum Gasteiger partial charge on any atom is -0.302 e. The standard InChI is InChI=1S/C33H67NO4/c1-5-9-11-13-15-17-19-23-27-31(34-36-30-26-22-18-16-14-12-10-6-2)28-24-20-21-25-29-33(35)38-37-32(7-3)8-4/h31-32,34H,5-30H2,1-4H3. The summed E-state index contributed by atoms with van der Waals surface area (Å²) in [6.45, 7) is 9.46. The summed E-state index contributed by atoms with van der Waals surface area (Å²) in [5, 5.41) is 0. The van der Waals surface area contributed by atoms with Gasteiger partial charge in [-0.3, -0.25) is 4.89 Å². The molecule has 0 amide bonds. The van der Waals surface area contributed by atoms with Crippen molar-refractivity contribution in [3.8, 4) is 0 Å². The maximum Gasteiger partial charge on any atom is 0.342 e. The lowest BCUT2D eigenvalue weighted by Crippen LogP contribution is -2.29. The van der Waals surface area contributed by atoms with Crippen molar-refractivity contribution in [1.82, 2.24) is 5.48 Å². The molecule has 1 N–H and O–H groups in total. The predicted octanol–water partition coefficient (Wildman–Crippen LogP) is 10.6. The molecule has 0 radical (unpaired) electrons. The molecule has 0 aromatic rings. The summed E-state index contributed by atoms with van der Waals surface area (Å²) in [6.07, 6.45) is 30.3. The van der Waals surface area contributed by atoms with Gasteiger partial charge in [0.2, 0.25) is 0 Å². The van der Waals surface area contributed by atoms with E-state index >= 15 is 0 Å². The molecule has 38 heavy (non-hydrogen) atoms. The van der Waals surface area contributed by atoms with Crippen molar-refractivity contribution in [2.24, 2.45) is 0 Å². The molecule has 0 rings (SSSR count). The van der Waals surface area contributed by atoms with Gasteiger partial charge in [0.1, 0.15) is 6.10 Å². The van der Waals surface area contributed by atoms with E-state index in [1.165, 1.54) is 109 Å². The summed E-state index contributed by atoms with van der Waals surface area (Å²) in [6, 6.07) is 0.447. The fourth-order valence-corrected chi connectivity index (χ4v) is 4.87. The monoisotopic (exact) mass is 542 g/mol. The van der Waals surface area contributed by atoms with Crippen molar-refractivity contribution < 1.29 is 19.4 Å². The third-order valence-electron chi connectivity index (χ3n) is 7.63. The molecule has 0 bridgehead atoms. The van der Waals surface area contributed by atoms with Crippen LogP contribution in [0.4, 0.5) is 0 Å².